The van der Waals surface area contributed by atoms with Crippen LogP contribution in [0.3, 0.4) is 0 Å². The highest BCUT2D eigenvalue weighted by Crippen LogP contribution is 1.96. The molecule has 0 aromatic heterocycles. The topological polar surface area (TPSA) is 37.3 Å². The van der Waals surface area contributed by atoms with Gasteiger partial charge in [-0.2, -0.15) is 0 Å². The van der Waals surface area contributed by atoms with Crippen LogP contribution in [0.5, 0.6) is 0 Å². The Morgan fingerprint density at radius 1 is 1.33 bits per heavy atom. The minimum Gasteiger partial charge on any atom is -0.393 e. The second kappa shape index (κ2) is 7.63. The largest absolute Gasteiger partial charge is 0.393 e. The van der Waals surface area contributed by atoms with Crippen LogP contribution in [0.2, 0.25) is 0 Å². The summed E-state index contributed by atoms with van der Waals surface area (Å²) in [7, 11) is 0. The van der Waals surface area contributed by atoms with Gasteiger partial charge in [0.2, 0.25) is 0 Å². The summed E-state index contributed by atoms with van der Waals surface area (Å²) in [5, 5.41) is 8.63. The molecule has 0 aromatic carbocycles. The highest BCUT2D eigenvalue weighted by Gasteiger charge is 1.97. The summed E-state index contributed by atoms with van der Waals surface area (Å²) in [5.41, 5.74) is 0. The average molecular weight is 132 g/mol. The van der Waals surface area contributed by atoms with Crippen molar-refractivity contribution in [1.82, 2.24) is 0 Å². The maximum Gasteiger partial charge on any atom is 0.116 e. The Labute approximate surface area is 56.9 Å². The van der Waals surface area contributed by atoms with Gasteiger partial charge in [0, 0.05) is 0 Å². The Morgan fingerprint density at radius 3 is 1.44 bits per heavy atom. The molecule has 0 aliphatic carbocycles. The molecule has 0 fully saturated rings. The molecule has 56 valence electrons. The van der Waals surface area contributed by atoms with Crippen LogP contribution in [0, 0.1) is 5.92 Å². The number of hydrogen-bond acceptors (Lipinski definition) is 2. The minimum atomic E-state index is -0.148. The maximum atomic E-state index is 8.81. The number of hydrogen-bond donors (Lipinski definition) is 1. The van der Waals surface area contributed by atoms with Gasteiger partial charge in [0.05, 0.1) is 6.10 Å². The van der Waals surface area contributed by atoms with Crippen LogP contribution >= 0.6 is 0 Å². The van der Waals surface area contributed by atoms with E-state index in [2.05, 4.69) is 0 Å². The second-order valence-corrected chi connectivity index (χ2v) is 2.22. The number of aliphatic hydroxyl groups is 1. The van der Waals surface area contributed by atoms with E-state index >= 15 is 0 Å². The predicted molar refractivity (Wildman–Crippen MR) is 38.3 cm³/mol. The first-order chi connectivity index (χ1) is 4.06. The fourth-order valence-corrected chi connectivity index (χ4v) is 0. The van der Waals surface area contributed by atoms with E-state index in [4.69, 9.17) is 9.90 Å². The van der Waals surface area contributed by atoms with Crippen LogP contribution in [-0.4, -0.2) is 17.5 Å². The molecule has 1 atom stereocenters. The van der Waals surface area contributed by atoms with Crippen molar-refractivity contribution in [2.45, 2.75) is 33.8 Å². The van der Waals surface area contributed by atoms with Crippen LogP contribution in [0.15, 0.2) is 0 Å². The molecule has 2 nitrogen and oxygen atoms in total. The monoisotopic (exact) mass is 132 g/mol. The van der Waals surface area contributed by atoms with E-state index in [0.717, 1.165) is 6.29 Å². The molecule has 0 spiro atoms. The van der Waals surface area contributed by atoms with E-state index in [1.54, 1.807) is 6.92 Å². The highest BCUT2D eigenvalue weighted by atomic mass is 16.3. The number of aldehydes is 1. The zero-order chi connectivity index (χ0) is 7.86. The molecule has 1 N–H and O–H groups in total. The summed E-state index contributed by atoms with van der Waals surface area (Å²) in [6, 6.07) is 0. The van der Waals surface area contributed by atoms with Crippen LogP contribution in [0.4, 0.5) is 0 Å². The summed E-state index contributed by atoms with van der Waals surface area (Å²) in [4.78, 5) is 8.81. The van der Waals surface area contributed by atoms with Crippen molar-refractivity contribution in [2.75, 3.05) is 0 Å². The van der Waals surface area contributed by atoms with Gasteiger partial charge in [-0.25, -0.2) is 0 Å². The lowest BCUT2D eigenvalue weighted by atomic mass is 10.1. The Balaban J connectivity index is 0. The van der Waals surface area contributed by atoms with Crippen molar-refractivity contribution in [2.24, 2.45) is 5.92 Å². The highest BCUT2D eigenvalue weighted by molar-refractivity contribution is 5.44. The number of carbonyl (C=O) groups excluding carboxylic acids is 1. The van der Waals surface area contributed by atoms with Gasteiger partial charge in [0.15, 0.2) is 0 Å². The minimum absolute atomic E-state index is 0.148. The van der Waals surface area contributed by atoms with E-state index in [9.17, 15) is 0 Å². The lowest BCUT2D eigenvalue weighted by Gasteiger charge is -2.04. The quantitative estimate of drug-likeness (QED) is 0.545. The molecule has 0 rings (SSSR count). The van der Waals surface area contributed by atoms with Crippen molar-refractivity contribution >= 4 is 6.29 Å². The fraction of sp³-hybridized carbons (Fsp3) is 0.857. The Bertz CT molecular complexity index is 51.9. The second-order valence-electron chi connectivity index (χ2n) is 2.22. The lowest BCUT2D eigenvalue weighted by Crippen LogP contribution is -2.07. The summed E-state index contributed by atoms with van der Waals surface area (Å²) in [5.74, 6) is 0.407. The van der Waals surface area contributed by atoms with E-state index in [-0.39, 0.29) is 6.10 Å². The third-order valence-corrected chi connectivity index (χ3v) is 0.965. The fourth-order valence-electron chi connectivity index (χ4n) is 0. The van der Waals surface area contributed by atoms with Gasteiger partial charge in [-0.1, -0.05) is 13.8 Å². The van der Waals surface area contributed by atoms with Gasteiger partial charge in [0.1, 0.15) is 6.29 Å². The first-order valence-corrected chi connectivity index (χ1v) is 3.14. The Hall–Kier alpha value is -0.370. The van der Waals surface area contributed by atoms with Gasteiger partial charge < -0.3 is 9.90 Å². The van der Waals surface area contributed by atoms with Crippen LogP contribution < -0.4 is 0 Å². The van der Waals surface area contributed by atoms with Crippen molar-refractivity contribution in [3.63, 3.8) is 0 Å². The number of carbonyl (C=O) groups is 1. The molecule has 0 heterocycles. The third-order valence-electron chi connectivity index (χ3n) is 0.965. The van der Waals surface area contributed by atoms with Crippen molar-refractivity contribution < 1.29 is 9.90 Å². The van der Waals surface area contributed by atoms with E-state index < -0.39 is 0 Å². The molecule has 0 aliphatic rings. The standard InChI is InChI=1S/C5H12O.C2H4O/c1-4(2)5(3)6;1-2-3/h4-6H,1-3H3;2H,1H3. The normalized spacial score (nSPS) is 11.8. The first-order valence-electron chi connectivity index (χ1n) is 3.14. The predicted octanol–water partition coefficient (Wildman–Crippen LogP) is 1.23. The molecule has 9 heavy (non-hydrogen) atoms. The molecular weight excluding hydrogens is 116 g/mol. The lowest BCUT2D eigenvalue weighted by molar-refractivity contribution is -0.106. The molecule has 1 unspecified atom stereocenters. The maximum absolute atomic E-state index is 8.81. The van der Waals surface area contributed by atoms with E-state index in [0.29, 0.717) is 5.92 Å². The van der Waals surface area contributed by atoms with Gasteiger partial charge in [-0.3, -0.25) is 0 Å². The molecule has 0 saturated carbocycles. The molecular formula is C7H16O2. The summed E-state index contributed by atoms with van der Waals surface area (Å²) >= 11 is 0. The zero-order valence-corrected chi connectivity index (χ0v) is 6.59. The van der Waals surface area contributed by atoms with Gasteiger partial charge in [-0.05, 0) is 19.8 Å². The number of rotatable bonds is 1. The molecule has 0 amide bonds. The molecule has 0 aromatic rings. The third kappa shape index (κ3) is 18.4. The van der Waals surface area contributed by atoms with Crippen molar-refractivity contribution in [1.29, 1.82) is 0 Å². The van der Waals surface area contributed by atoms with E-state index in [1.165, 1.54) is 6.92 Å². The first kappa shape index (κ1) is 11.4. The van der Waals surface area contributed by atoms with E-state index in [1.807, 2.05) is 13.8 Å². The van der Waals surface area contributed by atoms with Crippen LogP contribution in [0.1, 0.15) is 27.7 Å². The van der Waals surface area contributed by atoms with Crippen molar-refractivity contribution in [3.8, 4) is 0 Å². The average Bonchev–Trinajstić information content (AvgIpc) is 1.68. The molecule has 2 heteroatoms. The molecule has 0 saturated heterocycles. The van der Waals surface area contributed by atoms with Gasteiger partial charge in [0.25, 0.3) is 0 Å². The van der Waals surface area contributed by atoms with Crippen LogP contribution in [-0.2, 0) is 4.79 Å². The summed E-state index contributed by atoms with van der Waals surface area (Å²) in [6.45, 7) is 7.22. The SMILES string of the molecule is CC(C)C(C)O.CC=O. The zero-order valence-electron chi connectivity index (χ0n) is 6.59. The molecule has 0 bridgehead atoms. The number of aliphatic hydroxyl groups excluding tert-OH is 1. The Kier molecular flexibility index (Phi) is 9.69. The van der Waals surface area contributed by atoms with Crippen molar-refractivity contribution in [3.05, 3.63) is 0 Å². The van der Waals surface area contributed by atoms with Gasteiger partial charge >= 0.3 is 0 Å². The Morgan fingerprint density at radius 2 is 1.44 bits per heavy atom. The van der Waals surface area contributed by atoms with Crippen LogP contribution in [0.25, 0.3) is 0 Å². The summed E-state index contributed by atoms with van der Waals surface area (Å²) in [6.07, 6.45) is 0.602. The summed E-state index contributed by atoms with van der Waals surface area (Å²) < 4.78 is 0. The molecule has 0 radical (unpaired) electrons. The van der Waals surface area contributed by atoms with Gasteiger partial charge in [-0.15, -0.1) is 0 Å². The smallest absolute Gasteiger partial charge is 0.116 e. The molecule has 0 aliphatic heterocycles.